The molecule has 3 rings (SSSR count). The minimum Gasteiger partial charge on any atom is -0.497 e. The summed E-state index contributed by atoms with van der Waals surface area (Å²) in [4.78, 5) is 0. The van der Waals surface area contributed by atoms with Crippen LogP contribution in [-0.2, 0) is 22.2 Å². The van der Waals surface area contributed by atoms with E-state index < -0.39 is 10.2 Å². The topological polar surface area (TPSA) is 123 Å². The van der Waals surface area contributed by atoms with Crippen molar-refractivity contribution in [1.29, 1.82) is 0 Å². The monoisotopic (exact) mass is 463 g/mol. The average molecular weight is 464 g/mol. The molecule has 0 spiro atoms. The van der Waals surface area contributed by atoms with Gasteiger partial charge in [0.25, 0.3) is 10.2 Å². The van der Waals surface area contributed by atoms with Gasteiger partial charge in [0.05, 0.1) is 13.7 Å². The Morgan fingerprint density at radius 2 is 1.84 bits per heavy atom. The molecule has 0 amide bonds. The Kier molecular flexibility index (Phi) is 8.50. The number of hydrogen-bond acceptors (Lipinski definition) is 6. The number of nitrogens with two attached hydrogens (primary N) is 1. The van der Waals surface area contributed by atoms with Crippen molar-refractivity contribution in [3.05, 3.63) is 59.7 Å². The highest BCUT2D eigenvalue weighted by Gasteiger charge is 2.37. The SMILES string of the molecule is COc1cccc(C2(CNS(N)(=O)=O)CCC(NCc3ccc(OCCO)cc3)CC2)c1. The zero-order valence-corrected chi connectivity index (χ0v) is 19.2. The predicted octanol–water partition coefficient (Wildman–Crippen LogP) is 1.83. The van der Waals surface area contributed by atoms with E-state index in [0.29, 0.717) is 6.04 Å². The Balaban J connectivity index is 1.62. The number of rotatable bonds is 11. The van der Waals surface area contributed by atoms with Gasteiger partial charge in [-0.2, -0.15) is 8.42 Å². The highest BCUT2D eigenvalue weighted by atomic mass is 32.2. The summed E-state index contributed by atoms with van der Waals surface area (Å²) >= 11 is 0. The molecule has 0 heterocycles. The lowest BCUT2D eigenvalue weighted by Crippen LogP contribution is -2.47. The number of aliphatic hydroxyl groups is 1. The molecule has 8 nitrogen and oxygen atoms in total. The molecule has 0 atom stereocenters. The summed E-state index contributed by atoms with van der Waals surface area (Å²) in [5, 5.41) is 17.7. The molecule has 1 aliphatic rings. The summed E-state index contributed by atoms with van der Waals surface area (Å²) < 4.78 is 36.5. The summed E-state index contributed by atoms with van der Waals surface area (Å²) in [6, 6.07) is 16.0. The lowest BCUT2D eigenvalue weighted by Gasteiger charge is -2.41. The Labute approximate surface area is 190 Å². The van der Waals surface area contributed by atoms with Crippen LogP contribution in [0.5, 0.6) is 11.5 Å². The molecule has 0 aliphatic heterocycles. The van der Waals surface area contributed by atoms with Crippen LogP contribution in [0.2, 0.25) is 0 Å². The summed E-state index contributed by atoms with van der Waals surface area (Å²) in [5.41, 5.74) is 1.89. The molecular formula is C23H33N3O5S. The van der Waals surface area contributed by atoms with Crippen molar-refractivity contribution < 1.29 is 23.0 Å². The van der Waals surface area contributed by atoms with Gasteiger partial charge >= 0.3 is 0 Å². The molecule has 0 aromatic heterocycles. The van der Waals surface area contributed by atoms with Gasteiger partial charge in [-0.05, 0) is 61.1 Å². The fourth-order valence-corrected chi connectivity index (χ4v) is 4.74. The standard InChI is InChI=1S/C23H33N3O5S/c1-30-22-4-2-3-19(15-22)23(17-26-32(24,28)29)11-9-20(10-12-23)25-16-18-5-7-21(8-6-18)31-14-13-27/h2-8,15,20,25-27H,9-14,16-17H2,1H3,(H2,24,28,29). The lowest BCUT2D eigenvalue weighted by atomic mass is 9.68. The van der Waals surface area contributed by atoms with Gasteiger partial charge in [0.2, 0.25) is 0 Å². The molecule has 2 aromatic carbocycles. The number of aliphatic hydroxyl groups excluding tert-OH is 1. The molecule has 176 valence electrons. The summed E-state index contributed by atoms with van der Waals surface area (Å²) in [6.07, 6.45) is 3.49. The lowest BCUT2D eigenvalue weighted by molar-refractivity contribution is 0.201. The van der Waals surface area contributed by atoms with Gasteiger partial charge in [-0.1, -0.05) is 24.3 Å². The second-order valence-corrected chi connectivity index (χ2v) is 9.63. The molecule has 0 unspecified atom stereocenters. The maximum atomic E-state index is 11.6. The first kappa shape index (κ1) is 24.5. The van der Waals surface area contributed by atoms with Gasteiger partial charge in [-0.15, -0.1) is 0 Å². The normalized spacial score (nSPS) is 21.3. The highest BCUT2D eigenvalue weighted by molar-refractivity contribution is 7.87. The minimum absolute atomic E-state index is 0.00499. The largest absolute Gasteiger partial charge is 0.497 e. The van der Waals surface area contributed by atoms with Crippen LogP contribution in [0.4, 0.5) is 0 Å². The fraction of sp³-hybridized carbons (Fsp3) is 0.478. The van der Waals surface area contributed by atoms with Crippen LogP contribution in [0.1, 0.15) is 36.8 Å². The molecule has 1 saturated carbocycles. The second kappa shape index (κ2) is 11.1. The molecule has 1 aliphatic carbocycles. The van der Waals surface area contributed by atoms with Crippen LogP contribution in [0.15, 0.2) is 48.5 Å². The van der Waals surface area contributed by atoms with Gasteiger partial charge in [0.15, 0.2) is 0 Å². The smallest absolute Gasteiger partial charge is 0.274 e. The van der Waals surface area contributed by atoms with Gasteiger partial charge < -0.3 is 19.9 Å². The second-order valence-electron chi connectivity index (χ2n) is 8.25. The van der Waals surface area contributed by atoms with E-state index in [-0.39, 0.29) is 25.2 Å². The van der Waals surface area contributed by atoms with Crippen molar-refractivity contribution in [1.82, 2.24) is 10.0 Å². The summed E-state index contributed by atoms with van der Waals surface area (Å²) in [7, 11) is -2.15. The number of nitrogens with one attached hydrogen (secondary N) is 2. The van der Waals surface area contributed by atoms with Crippen molar-refractivity contribution in [3.63, 3.8) is 0 Å². The van der Waals surface area contributed by atoms with Gasteiger partial charge in [-0.25, -0.2) is 9.86 Å². The van der Waals surface area contributed by atoms with E-state index in [1.54, 1.807) is 7.11 Å². The Hall–Kier alpha value is -2.17. The minimum atomic E-state index is -3.78. The first-order valence-corrected chi connectivity index (χ1v) is 12.4. The quantitative estimate of drug-likeness (QED) is 0.403. The van der Waals surface area contributed by atoms with Crippen LogP contribution in [0.3, 0.4) is 0 Å². The molecule has 2 aromatic rings. The van der Waals surface area contributed by atoms with Crippen LogP contribution in [0.25, 0.3) is 0 Å². The Bertz CT molecular complexity index is 958. The molecule has 9 heteroatoms. The van der Waals surface area contributed by atoms with Crippen molar-refractivity contribution in [2.24, 2.45) is 5.14 Å². The summed E-state index contributed by atoms with van der Waals surface area (Å²) in [5.74, 6) is 1.50. The molecule has 0 saturated heterocycles. The van der Waals surface area contributed by atoms with Crippen molar-refractivity contribution in [2.75, 3.05) is 26.9 Å². The van der Waals surface area contributed by atoms with Gasteiger partial charge in [0.1, 0.15) is 18.1 Å². The highest BCUT2D eigenvalue weighted by Crippen LogP contribution is 2.40. The van der Waals surface area contributed by atoms with E-state index in [4.69, 9.17) is 19.7 Å². The molecular weight excluding hydrogens is 430 g/mol. The van der Waals surface area contributed by atoms with E-state index in [1.165, 1.54) is 0 Å². The van der Waals surface area contributed by atoms with Gasteiger partial charge in [0, 0.05) is 24.5 Å². The Morgan fingerprint density at radius 3 is 2.47 bits per heavy atom. The molecule has 32 heavy (non-hydrogen) atoms. The fourth-order valence-electron chi connectivity index (χ4n) is 4.26. The third-order valence-corrected chi connectivity index (χ3v) is 6.66. The van der Waals surface area contributed by atoms with Gasteiger partial charge in [-0.3, -0.25) is 0 Å². The third-order valence-electron chi connectivity index (χ3n) is 6.11. The number of hydrogen-bond donors (Lipinski definition) is 4. The maximum Gasteiger partial charge on any atom is 0.274 e. The first-order valence-electron chi connectivity index (χ1n) is 10.8. The van der Waals surface area contributed by atoms with E-state index in [2.05, 4.69) is 10.0 Å². The average Bonchev–Trinajstić information content (AvgIpc) is 2.81. The molecule has 5 N–H and O–H groups in total. The number of ether oxygens (including phenoxy) is 2. The number of benzene rings is 2. The maximum absolute atomic E-state index is 11.6. The first-order chi connectivity index (χ1) is 15.3. The van der Waals surface area contributed by atoms with Crippen LogP contribution < -0.4 is 24.7 Å². The third kappa shape index (κ3) is 6.91. The van der Waals surface area contributed by atoms with E-state index in [0.717, 1.165) is 54.9 Å². The number of methoxy groups -OCH3 is 1. The zero-order valence-electron chi connectivity index (χ0n) is 18.4. The van der Waals surface area contributed by atoms with Crippen molar-refractivity contribution >= 4 is 10.2 Å². The predicted molar refractivity (Wildman–Crippen MR) is 124 cm³/mol. The zero-order chi connectivity index (χ0) is 23.0. The molecule has 0 bridgehead atoms. The van der Waals surface area contributed by atoms with Crippen LogP contribution in [0, 0.1) is 0 Å². The molecule has 1 fully saturated rings. The van der Waals surface area contributed by atoms with Crippen molar-refractivity contribution in [3.8, 4) is 11.5 Å². The van der Waals surface area contributed by atoms with E-state index in [9.17, 15) is 8.42 Å². The van der Waals surface area contributed by atoms with E-state index in [1.807, 2.05) is 48.5 Å². The van der Waals surface area contributed by atoms with Crippen LogP contribution in [-0.4, -0.2) is 46.4 Å². The van der Waals surface area contributed by atoms with Crippen molar-refractivity contribution in [2.45, 2.75) is 43.7 Å². The molecule has 0 radical (unpaired) electrons. The van der Waals surface area contributed by atoms with Crippen LogP contribution >= 0.6 is 0 Å². The van der Waals surface area contributed by atoms with E-state index >= 15 is 0 Å². The Morgan fingerprint density at radius 1 is 1.12 bits per heavy atom. The summed E-state index contributed by atoms with van der Waals surface area (Å²) in [6.45, 7) is 1.29.